The van der Waals surface area contributed by atoms with Crippen LogP contribution in [0.1, 0.15) is 64.5 Å². The Kier molecular flexibility index (Phi) is 12.3. The lowest BCUT2D eigenvalue weighted by atomic mass is 9.98. The van der Waals surface area contributed by atoms with Gasteiger partial charge in [0.25, 0.3) is 0 Å². The predicted molar refractivity (Wildman–Crippen MR) is 133 cm³/mol. The summed E-state index contributed by atoms with van der Waals surface area (Å²) in [4.78, 5) is 19.4. The van der Waals surface area contributed by atoms with E-state index < -0.39 is 0 Å². The number of aliphatic imine (C=N–C) groups is 1. The normalized spacial score (nSPS) is 15.2. The Bertz CT molecular complexity index is 638. The van der Waals surface area contributed by atoms with Crippen molar-refractivity contribution in [1.29, 1.82) is 0 Å². The summed E-state index contributed by atoms with van der Waals surface area (Å²) in [5.74, 6) is 1.39. The highest BCUT2D eigenvalue weighted by Gasteiger charge is 2.26. The highest BCUT2D eigenvalue weighted by atomic mass is 127. The van der Waals surface area contributed by atoms with Crippen LogP contribution >= 0.6 is 24.0 Å². The molecule has 164 valence electrons. The van der Waals surface area contributed by atoms with Gasteiger partial charge < -0.3 is 15.5 Å². The summed E-state index contributed by atoms with van der Waals surface area (Å²) in [7, 11) is 0. The van der Waals surface area contributed by atoms with Crippen molar-refractivity contribution in [2.45, 2.75) is 72.4 Å². The molecule has 0 aliphatic carbocycles. The van der Waals surface area contributed by atoms with Gasteiger partial charge in [-0.1, -0.05) is 45.0 Å². The lowest BCUT2D eigenvalue weighted by molar-refractivity contribution is -0.136. The Balaban J connectivity index is 0.00000420. The van der Waals surface area contributed by atoms with Crippen LogP contribution in [-0.2, 0) is 17.8 Å². The highest BCUT2D eigenvalue weighted by Crippen LogP contribution is 2.17. The van der Waals surface area contributed by atoms with Crippen LogP contribution in [0.25, 0.3) is 0 Å². The van der Waals surface area contributed by atoms with Crippen molar-refractivity contribution in [2.75, 3.05) is 19.6 Å². The molecule has 1 fully saturated rings. The molecule has 2 N–H and O–H groups in total. The van der Waals surface area contributed by atoms with Crippen molar-refractivity contribution < 1.29 is 4.79 Å². The van der Waals surface area contributed by atoms with Gasteiger partial charge in [-0.2, -0.15) is 0 Å². The van der Waals surface area contributed by atoms with Crippen LogP contribution in [0.4, 0.5) is 0 Å². The largest absolute Gasteiger partial charge is 0.357 e. The first-order chi connectivity index (χ1) is 13.6. The van der Waals surface area contributed by atoms with Crippen LogP contribution in [0.3, 0.4) is 0 Å². The maximum absolute atomic E-state index is 12.6. The SMILES string of the molecule is CCNC(=NCc1ccccc1CC)NC1CCN(C(=O)C(CC)CC)CC1.I. The summed E-state index contributed by atoms with van der Waals surface area (Å²) in [5, 5.41) is 6.95. The zero-order valence-corrected chi connectivity index (χ0v) is 20.9. The van der Waals surface area contributed by atoms with Gasteiger partial charge in [0, 0.05) is 31.6 Å². The predicted octanol–water partition coefficient (Wildman–Crippen LogP) is 4.35. The second-order valence-electron chi connectivity index (χ2n) is 7.57. The van der Waals surface area contributed by atoms with Crippen LogP contribution in [0.15, 0.2) is 29.3 Å². The minimum atomic E-state index is 0. The summed E-state index contributed by atoms with van der Waals surface area (Å²) in [6.07, 6.45) is 4.84. The van der Waals surface area contributed by atoms with Gasteiger partial charge in [-0.05, 0) is 50.2 Å². The molecule has 1 aliphatic rings. The van der Waals surface area contributed by atoms with E-state index in [1.54, 1.807) is 0 Å². The maximum atomic E-state index is 12.6. The Morgan fingerprint density at radius 3 is 2.28 bits per heavy atom. The van der Waals surface area contributed by atoms with Crippen LogP contribution < -0.4 is 10.6 Å². The van der Waals surface area contributed by atoms with E-state index in [9.17, 15) is 4.79 Å². The summed E-state index contributed by atoms with van der Waals surface area (Å²) in [6, 6.07) is 8.87. The first-order valence-electron chi connectivity index (χ1n) is 11.0. The first kappa shape index (κ1) is 25.7. The molecule has 0 bridgehead atoms. The fraction of sp³-hybridized carbons (Fsp3) is 0.652. The number of carbonyl (C=O) groups is 1. The fourth-order valence-corrected chi connectivity index (χ4v) is 3.87. The van der Waals surface area contributed by atoms with Gasteiger partial charge in [-0.3, -0.25) is 4.79 Å². The number of nitrogens with zero attached hydrogens (tertiary/aromatic N) is 2. The maximum Gasteiger partial charge on any atom is 0.225 e. The van der Waals surface area contributed by atoms with Crippen LogP contribution in [0.5, 0.6) is 0 Å². The van der Waals surface area contributed by atoms with Gasteiger partial charge >= 0.3 is 0 Å². The van der Waals surface area contributed by atoms with Crippen LogP contribution in [0, 0.1) is 5.92 Å². The fourth-order valence-electron chi connectivity index (χ4n) is 3.87. The zero-order valence-electron chi connectivity index (χ0n) is 18.5. The number of aryl methyl sites for hydroxylation is 1. The molecule has 0 spiro atoms. The van der Waals surface area contributed by atoms with E-state index in [4.69, 9.17) is 4.99 Å². The van der Waals surface area contributed by atoms with E-state index in [1.807, 2.05) is 0 Å². The molecular weight excluding hydrogens is 475 g/mol. The Morgan fingerprint density at radius 1 is 1.10 bits per heavy atom. The van der Waals surface area contributed by atoms with E-state index in [-0.39, 0.29) is 29.9 Å². The molecule has 1 amide bonds. The molecule has 1 aromatic carbocycles. The third-order valence-corrected chi connectivity index (χ3v) is 5.73. The molecule has 6 heteroatoms. The van der Waals surface area contributed by atoms with Gasteiger partial charge in [0.15, 0.2) is 5.96 Å². The number of rotatable bonds is 8. The summed E-state index contributed by atoms with van der Waals surface area (Å²) in [6.45, 7) is 11.7. The van der Waals surface area contributed by atoms with E-state index in [1.165, 1.54) is 11.1 Å². The molecule has 29 heavy (non-hydrogen) atoms. The molecule has 0 unspecified atom stereocenters. The van der Waals surface area contributed by atoms with E-state index in [2.05, 4.69) is 67.5 Å². The second kappa shape index (κ2) is 13.8. The molecule has 0 saturated carbocycles. The number of piperidine rings is 1. The number of likely N-dealkylation sites (tertiary alicyclic amines) is 1. The lowest BCUT2D eigenvalue weighted by Crippen LogP contribution is -2.50. The number of hydrogen-bond acceptors (Lipinski definition) is 2. The number of halogens is 1. The number of hydrogen-bond donors (Lipinski definition) is 2. The molecule has 0 radical (unpaired) electrons. The molecule has 1 aliphatic heterocycles. The van der Waals surface area contributed by atoms with Crippen molar-refractivity contribution in [3.8, 4) is 0 Å². The average molecular weight is 514 g/mol. The van der Waals surface area contributed by atoms with Gasteiger partial charge in [-0.25, -0.2) is 4.99 Å². The number of guanidine groups is 1. The zero-order chi connectivity index (χ0) is 20.4. The number of nitrogens with one attached hydrogen (secondary N) is 2. The van der Waals surface area contributed by atoms with E-state index in [0.717, 1.165) is 57.7 Å². The number of carbonyl (C=O) groups excluding carboxylic acids is 1. The Hall–Kier alpha value is -1.31. The first-order valence-corrected chi connectivity index (χ1v) is 11.0. The van der Waals surface area contributed by atoms with E-state index >= 15 is 0 Å². The monoisotopic (exact) mass is 514 g/mol. The summed E-state index contributed by atoms with van der Waals surface area (Å²) < 4.78 is 0. The number of benzene rings is 1. The molecule has 1 saturated heterocycles. The molecule has 5 nitrogen and oxygen atoms in total. The lowest BCUT2D eigenvalue weighted by Gasteiger charge is -2.34. The van der Waals surface area contributed by atoms with Gasteiger partial charge in [0.05, 0.1) is 6.54 Å². The topological polar surface area (TPSA) is 56.7 Å². The number of amides is 1. The smallest absolute Gasteiger partial charge is 0.225 e. The standard InChI is InChI=1S/C23H38N4O.HI/c1-5-18(6-2)22(28)27-15-13-21(14-16-27)26-23(24-8-4)25-17-20-12-10-9-11-19(20)7-3;/h9-12,18,21H,5-8,13-17H2,1-4H3,(H2,24,25,26);1H. The minimum Gasteiger partial charge on any atom is -0.357 e. The minimum absolute atomic E-state index is 0. The molecule has 0 atom stereocenters. The van der Waals surface area contributed by atoms with Gasteiger partial charge in [-0.15, -0.1) is 24.0 Å². The third kappa shape index (κ3) is 7.79. The molecule has 0 aromatic heterocycles. The molecule has 1 aromatic rings. The molecule has 2 rings (SSSR count). The van der Waals surface area contributed by atoms with Crippen molar-refractivity contribution in [3.05, 3.63) is 35.4 Å². The molecular formula is C23H39IN4O. The Morgan fingerprint density at radius 2 is 1.72 bits per heavy atom. The highest BCUT2D eigenvalue weighted by molar-refractivity contribution is 14.0. The van der Waals surface area contributed by atoms with Crippen molar-refractivity contribution in [2.24, 2.45) is 10.9 Å². The van der Waals surface area contributed by atoms with Gasteiger partial charge in [0.2, 0.25) is 5.91 Å². The van der Waals surface area contributed by atoms with Crippen LogP contribution in [0.2, 0.25) is 0 Å². The average Bonchev–Trinajstić information content (AvgIpc) is 2.73. The van der Waals surface area contributed by atoms with Crippen molar-refractivity contribution in [3.63, 3.8) is 0 Å². The molecule has 1 heterocycles. The summed E-state index contributed by atoms with van der Waals surface area (Å²) in [5.41, 5.74) is 2.64. The van der Waals surface area contributed by atoms with Gasteiger partial charge in [0.1, 0.15) is 0 Å². The second-order valence-corrected chi connectivity index (χ2v) is 7.57. The summed E-state index contributed by atoms with van der Waals surface area (Å²) >= 11 is 0. The Labute approximate surface area is 194 Å². The third-order valence-electron chi connectivity index (χ3n) is 5.73. The van der Waals surface area contributed by atoms with E-state index in [0.29, 0.717) is 18.5 Å². The van der Waals surface area contributed by atoms with Crippen LogP contribution in [-0.4, -0.2) is 42.4 Å². The van der Waals surface area contributed by atoms with Crippen molar-refractivity contribution >= 4 is 35.8 Å². The quantitative estimate of drug-likeness (QED) is 0.308. The van der Waals surface area contributed by atoms with Crippen molar-refractivity contribution in [1.82, 2.24) is 15.5 Å².